The van der Waals surface area contributed by atoms with E-state index in [2.05, 4.69) is 0 Å². The average molecular weight is 372 g/mol. The molecule has 0 unspecified atom stereocenters. The number of carbonyl (C=O) groups excluding carboxylic acids is 6. The van der Waals surface area contributed by atoms with Crippen molar-refractivity contribution in [3.63, 3.8) is 0 Å². The maximum Gasteiger partial charge on any atom is 0.373 e. The summed E-state index contributed by atoms with van der Waals surface area (Å²) in [5, 5.41) is 8.17. The molecule has 3 heterocycles. The second-order valence-corrected chi connectivity index (χ2v) is 4.79. The Hall–Kier alpha value is -2.50. The molecule has 0 spiro atoms. The lowest BCUT2D eigenvalue weighted by Gasteiger charge is -1.76. The molecular weight excluding hydrogens is 356 g/mol. The molecule has 130 valence electrons. The van der Waals surface area contributed by atoms with Crippen LogP contribution in [0.25, 0.3) is 0 Å². The summed E-state index contributed by atoms with van der Waals surface area (Å²) in [5.74, 6) is 0. The lowest BCUT2D eigenvalue weighted by Crippen LogP contribution is -1.74. The standard InChI is InChI=1S/C4H8O.2C4H4S.3CO2/c3*1-2-4-5-3-1;3*2-1-3/h1-4H2;2*1-4H;;;. The average Bonchev–Trinajstić information content (AvgIpc) is 3.37. The number of thiophene rings is 2. The van der Waals surface area contributed by atoms with Gasteiger partial charge in [-0.3, -0.25) is 0 Å². The third kappa shape index (κ3) is 42.7. The smallest absolute Gasteiger partial charge is 0.373 e. The predicted octanol–water partition coefficient (Wildman–Crippen LogP) is 2.54. The Morgan fingerprint density at radius 3 is 0.917 bits per heavy atom. The van der Waals surface area contributed by atoms with E-state index in [9.17, 15) is 0 Å². The van der Waals surface area contributed by atoms with Crippen LogP contribution in [0, 0.1) is 0 Å². The van der Waals surface area contributed by atoms with Gasteiger partial charge >= 0.3 is 18.5 Å². The quantitative estimate of drug-likeness (QED) is 0.698. The van der Waals surface area contributed by atoms with E-state index in [-0.39, 0.29) is 18.5 Å². The molecule has 2 aromatic rings. The number of rotatable bonds is 0. The summed E-state index contributed by atoms with van der Waals surface area (Å²) in [6, 6.07) is 8.07. The fourth-order valence-electron chi connectivity index (χ4n) is 0.964. The highest BCUT2D eigenvalue weighted by molar-refractivity contribution is 7.08. The van der Waals surface area contributed by atoms with Gasteiger partial charge in [0.1, 0.15) is 0 Å². The van der Waals surface area contributed by atoms with Crippen LogP contribution in [0.3, 0.4) is 0 Å². The van der Waals surface area contributed by atoms with Gasteiger partial charge in [-0.05, 0) is 34.4 Å². The fraction of sp³-hybridized carbons (Fsp3) is 0.267. The van der Waals surface area contributed by atoms with Crippen LogP contribution in [-0.4, -0.2) is 31.7 Å². The zero-order valence-corrected chi connectivity index (χ0v) is 14.3. The van der Waals surface area contributed by atoms with E-state index in [1.54, 1.807) is 22.7 Å². The second-order valence-electron chi connectivity index (χ2n) is 3.16. The SMILES string of the molecule is C1CCOC1.O=C=O.O=C=O.O=C=O.c1ccsc1.c1ccsc1. The first-order chi connectivity index (χ1) is 11.7. The molecule has 0 atom stereocenters. The van der Waals surface area contributed by atoms with E-state index in [0.29, 0.717) is 0 Å². The van der Waals surface area contributed by atoms with Crippen molar-refractivity contribution >= 4 is 41.1 Å². The molecule has 1 fully saturated rings. The summed E-state index contributed by atoms with van der Waals surface area (Å²) >= 11 is 3.43. The van der Waals surface area contributed by atoms with Gasteiger partial charge in [0.25, 0.3) is 0 Å². The molecule has 1 saturated heterocycles. The number of hydrogen-bond donors (Lipinski definition) is 0. The van der Waals surface area contributed by atoms with Crippen molar-refractivity contribution in [2.75, 3.05) is 13.2 Å². The summed E-state index contributed by atoms with van der Waals surface area (Å²) in [6.07, 6.45) is 3.31. The van der Waals surface area contributed by atoms with Crippen LogP contribution < -0.4 is 0 Å². The Bertz CT molecular complexity index is 405. The summed E-state index contributed by atoms with van der Waals surface area (Å²) in [6.45, 7) is 2.00. The fourth-order valence-corrected chi connectivity index (χ4v) is 1.87. The largest absolute Gasteiger partial charge is 0.381 e. The van der Waals surface area contributed by atoms with Crippen LogP contribution in [0.5, 0.6) is 0 Å². The molecule has 0 radical (unpaired) electrons. The van der Waals surface area contributed by atoms with Crippen molar-refractivity contribution in [3.8, 4) is 0 Å². The molecular formula is C15H16O7S2. The summed E-state index contributed by atoms with van der Waals surface area (Å²) in [7, 11) is 0. The van der Waals surface area contributed by atoms with Crippen molar-refractivity contribution < 1.29 is 33.5 Å². The monoisotopic (exact) mass is 372 g/mol. The van der Waals surface area contributed by atoms with Crippen LogP contribution in [0.2, 0.25) is 0 Å². The molecule has 7 nitrogen and oxygen atoms in total. The third-order valence-corrected chi connectivity index (χ3v) is 2.94. The molecule has 1 aliphatic rings. The lowest BCUT2D eigenvalue weighted by atomic mass is 10.4. The Kier molecular flexibility index (Phi) is 35.7. The summed E-state index contributed by atoms with van der Waals surface area (Å²) in [4.78, 5) is 48.8. The van der Waals surface area contributed by atoms with Crippen LogP contribution in [0.1, 0.15) is 12.8 Å². The predicted molar refractivity (Wildman–Crippen MR) is 83.7 cm³/mol. The molecule has 0 aromatic carbocycles. The highest BCUT2D eigenvalue weighted by Gasteiger charge is 1.94. The van der Waals surface area contributed by atoms with Gasteiger partial charge in [-0.2, -0.15) is 51.4 Å². The lowest BCUT2D eigenvalue weighted by molar-refractivity contribution is -0.193. The van der Waals surface area contributed by atoms with Crippen LogP contribution in [0.4, 0.5) is 0 Å². The molecule has 2 aromatic heterocycles. The first-order valence-electron chi connectivity index (χ1n) is 6.24. The molecule has 0 saturated carbocycles. The van der Waals surface area contributed by atoms with Crippen molar-refractivity contribution in [1.82, 2.24) is 0 Å². The first kappa shape index (κ1) is 26.4. The Morgan fingerprint density at radius 2 is 0.833 bits per heavy atom. The number of hydrogen-bond acceptors (Lipinski definition) is 9. The third-order valence-electron chi connectivity index (χ3n) is 1.68. The maximum absolute atomic E-state index is 8.12. The van der Waals surface area contributed by atoms with E-state index in [1.807, 2.05) is 45.8 Å². The van der Waals surface area contributed by atoms with Gasteiger partial charge in [0.2, 0.25) is 0 Å². The highest BCUT2D eigenvalue weighted by Crippen LogP contribution is 1.98. The molecule has 1 aliphatic heterocycles. The van der Waals surface area contributed by atoms with Crippen LogP contribution in [0.15, 0.2) is 45.8 Å². The minimum Gasteiger partial charge on any atom is -0.381 e. The topological polar surface area (TPSA) is 112 Å². The minimum absolute atomic E-state index is 0.250. The zero-order valence-electron chi connectivity index (χ0n) is 12.6. The molecule has 0 bridgehead atoms. The molecule has 0 amide bonds. The van der Waals surface area contributed by atoms with E-state index in [1.165, 1.54) is 12.8 Å². The van der Waals surface area contributed by atoms with Gasteiger partial charge in [-0.25, -0.2) is 0 Å². The van der Waals surface area contributed by atoms with E-state index in [4.69, 9.17) is 33.5 Å². The first-order valence-corrected chi connectivity index (χ1v) is 8.13. The summed E-state index contributed by atoms with van der Waals surface area (Å²) in [5.41, 5.74) is 0. The molecule has 3 rings (SSSR count). The van der Waals surface area contributed by atoms with E-state index < -0.39 is 0 Å². The van der Waals surface area contributed by atoms with Gasteiger partial charge < -0.3 is 4.74 Å². The van der Waals surface area contributed by atoms with Crippen molar-refractivity contribution in [2.45, 2.75) is 12.8 Å². The summed E-state index contributed by atoms with van der Waals surface area (Å²) < 4.78 is 4.94. The van der Waals surface area contributed by atoms with Gasteiger partial charge in [0.05, 0.1) is 0 Å². The molecule has 0 aliphatic carbocycles. The molecule has 24 heavy (non-hydrogen) atoms. The van der Waals surface area contributed by atoms with Crippen LogP contribution in [-0.2, 0) is 33.5 Å². The minimum atomic E-state index is 0.250. The number of ether oxygens (including phenoxy) is 1. The van der Waals surface area contributed by atoms with Gasteiger partial charge in [-0.15, -0.1) is 0 Å². The van der Waals surface area contributed by atoms with Crippen molar-refractivity contribution in [2.24, 2.45) is 0 Å². The Labute approximate surface area is 146 Å². The molecule has 9 heteroatoms. The maximum atomic E-state index is 8.12. The van der Waals surface area contributed by atoms with E-state index in [0.717, 1.165) is 13.2 Å². The second kappa shape index (κ2) is 32.4. The van der Waals surface area contributed by atoms with Crippen molar-refractivity contribution in [3.05, 3.63) is 45.8 Å². The van der Waals surface area contributed by atoms with Crippen molar-refractivity contribution in [1.29, 1.82) is 0 Å². The zero-order chi connectivity index (χ0) is 18.7. The van der Waals surface area contributed by atoms with Gasteiger partial charge in [0.15, 0.2) is 0 Å². The Balaban J connectivity index is -0.000000226. The Morgan fingerprint density at radius 1 is 0.583 bits per heavy atom. The van der Waals surface area contributed by atoms with Gasteiger partial charge in [-0.1, -0.05) is 24.3 Å². The van der Waals surface area contributed by atoms with Crippen LogP contribution >= 0.6 is 22.7 Å². The molecule has 0 N–H and O–H groups in total. The van der Waals surface area contributed by atoms with Gasteiger partial charge in [0, 0.05) is 13.2 Å². The normalized spacial score (nSPS) is 9.33. The van der Waals surface area contributed by atoms with E-state index >= 15 is 0 Å². The highest BCUT2D eigenvalue weighted by atomic mass is 32.1.